The van der Waals surface area contributed by atoms with Crippen LogP contribution in [0.1, 0.15) is 22.8 Å². The number of hydrogen-bond donors (Lipinski definition) is 1. The number of aryl methyl sites for hydroxylation is 1. The summed E-state index contributed by atoms with van der Waals surface area (Å²) in [6.45, 7) is 1.95. The molecule has 2 aromatic rings. The van der Waals surface area contributed by atoms with Crippen molar-refractivity contribution < 1.29 is 14.2 Å². The van der Waals surface area contributed by atoms with Crippen molar-refractivity contribution in [3.8, 4) is 5.75 Å². The fraction of sp³-hybridized carbons (Fsp3) is 0.200. The zero-order valence-electron chi connectivity index (χ0n) is 10.7. The highest BCUT2D eigenvalue weighted by molar-refractivity contribution is 9.10. The Bertz CT molecular complexity index is 599. The van der Waals surface area contributed by atoms with Crippen LogP contribution in [0.3, 0.4) is 0 Å². The largest absolute Gasteiger partial charge is 0.494 e. The van der Waals surface area contributed by atoms with Gasteiger partial charge in [0.25, 0.3) is 0 Å². The fourth-order valence-electron chi connectivity index (χ4n) is 1.92. The molecule has 2 rings (SSSR count). The Morgan fingerprint density at radius 1 is 1.21 bits per heavy atom. The van der Waals surface area contributed by atoms with Crippen LogP contribution in [0, 0.1) is 12.7 Å². The topological polar surface area (TPSA) is 29.5 Å². The van der Waals surface area contributed by atoms with Crippen LogP contribution in [-0.2, 0) is 0 Å². The lowest BCUT2D eigenvalue weighted by molar-refractivity contribution is 0.212. The summed E-state index contributed by atoms with van der Waals surface area (Å²) in [5.41, 5.74) is 1.88. The second kappa shape index (κ2) is 5.72. The maximum Gasteiger partial charge on any atom is 0.171 e. The van der Waals surface area contributed by atoms with Crippen LogP contribution in [0.4, 0.5) is 4.39 Å². The Morgan fingerprint density at radius 2 is 1.95 bits per heavy atom. The molecule has 0 fully saturated rings. The number of aliphatic hydroxyl groups is 1. The molecule has 19 heavy (non-hydrogen) atoms. The van der Waals surface area contributed by atoms with Crippen molar-refractivity contribution in [2.75, 3.05) is 7.11 Å². The monoisotopic (exact) mass is 324 g/mol. The van der Waals surface area contributed by atoms with Crippen molar-refractivity contribution in [1.82, 2.24) is 0 Å². The molecule has 1 unspecified atom stereocenters. The molecule has 1 N–H and O–H groups in total. The molecule has 0 radical (unpaired) electrons. The van der Waals surface area contributed by atoms with Gasteiger partial charge < -0.3 is 9.84 Å². The van der Waals surface area contributed by atoms with E-state index in [0.717, 1.165) is 10.0 Å². The third kappa shape index (κ3) is 2.80. The molecule has 0 aliphatic carbocycles. The van der Waals surface area contributed by atoms with Gasteiger partial charge in [0.05, 0.1) is 7.11 Å². The van der Waals surface area contributed by atoms with E-state index in [4.69, 9.17) is 4.74 Å². The summed E-state index contributed by atoms with van der Waals surface area (Å²) in [7, 11) is 1.40. The van der Waals surface area contributed by atoms with Crippen molar-refractivity contribution in [2.24, 2.45) is 0 Å². The second-order valence-corrected chi connectivity index (χ2v) is 5.15. The average Bonchev–Trinajstić information content (AvgIpc) is 2.38. The number of benzene rings is 2. The highest BCUT2D eigenvalue weighted by Crippen LogP contribution is 2.33. The minimum absolute atomic E-state index is 0.125. The standard InChI is InChI=1S/C15H14BrFO2/c1-9-6-7-10(12(16)8-9)15(18)11-4-3-5-13(19-2)14(11)17/h3-8,15,18H,1-2H3. The minimum Gasteiger partial charge on any atom is -0.494 e. The number of aliphatic hydroxyl groups excluding tert-OH is 1. The summed E-state index contributed by atoms with van der Waals surface area (Å²) < 4.78 is 19.8. The van der Waals surface area contributed by atoms with Gasteiger partial charge >= 0.3 is 0 Å². The second-order valence-electron chi connectivity index (χ2n) is 4.29. The quantitative estimate of drug-likeness (QED) is 0.925. The van der Waals surface area contributed by atoms with Crippen LogP contribution >= 0.6 is 15.9 Å². The Labute approximate surface area is 120 Å². The highest BCUT2D eigenvalue weighted by atomic mass is 79.9. The smallest absolute Gasteiger partial charge is 0.171 e. The first kappa shape index (κ1) is 14.0. The molecule has 0 aliphatic rings. The molecule has 0 amide bonds. The predicted molar refractivity (Wildman–Crippen MR) is 75.9 cm³/mol. The zero-order chi connectivity index (χ0) is 14.0. The van der Waals surface area contributed by atoms with Crippen LogP contribution in [0.25, 0.3) is 0 Å². The minimum atomic E-state index is -1.04. The SMILES string of the molecule is COc1cccc(C(O)c2ccc(C)cc2Br)c1F. The molecule has 0 aromatic heterocycles. The molecule has 4 heteroatoms. The Balaban J connectivity index is 2.47. The van der Waals surface area contributed by atoms with E-state index in [2.05, 4.69) is 15.9 Å². The summed E-state index contributed by atoms with van der Waals surface area (Å²) in [5.74, 6) is -0.412. The summed E-state index contributed by atoms with van der Waals surface area (Å²) in [5, 5.41) is 10.3. The third-order valence-electron chi connectivity index (χ3n) is 2.96. The van der Waals surface area contributed by atoms with E-state index < -0.39 is 11.9 Å². The summed E-state index contributed by atoms with van der Waals surface area (Å²) in [6, 6.07) is 10.3. The van der Waals surface area contributed by atoms with Crippen molar-refractivity contribution in [1.29, 1.82) is 0 Å². The van der Waals surface area contributed by atoms with Gasteiger partial charge in [-0.3, -0.25) is 0 Å². The number of hydrogen-bond acceptors (Lipinski definition) is 2. The van der Waals surface area contributed by atoms with Gasteiger partial charge in [0.1, 0.15) is 6.10 Å². The molecule has 0 saturated heterocycles. The molecule has 2 aromatic carbocycles. The molecule has 0 heterocycles. The van der Waals surface area contributed by atoms with Crippen LogP contribution in [0.15, 0.2) is 40.9 Å². The van der Waals surface area contributed by atoms with Crippen molar-refractivity contribution in [2.45, 2.75) is 13.0 Å². The summed E-state index contributed by atoms with van der Waals surface area (Å²) in [6.07, 6.45) is -1.04. The van der Waals surface area contributed by atoms with Crippen molar-refractivity contribution in [3.63, 3.8) is 0 Å². The molecule has 1 atom stereocenters. The first-order valence-electron chi connectivity index (χ1n) is 5.81. The van der Waals surface area contributed by atoms with Crippen LogP contribution in [0.2, 0.25) is 0 Å². The number of ether oxygens (including phenoxy) is 1. The lowest BCUT2D eigenvalue weighted by Gasteiger charge is -2.16. The molecular weight excluding hydrogens is 311 g/mol. The van der Waals surface area contributed by atoms with E-state index in [1.54, 1.807) is 18.2 Å². The molecular formula is C15H14BrFO2. The first-order chi connectivity index (χ1) is 9.04. The van der Waals surface area contributed by atoms with Gasteiger partial charge in [0.15, 0.2) is 11.6 Å². The molecule has 0 spiro atoms. The Morgan fingerprint density at radius 3 is 2.58 bits per heavy atom. The summed E-state index contributed by atoms with van der Waals surface area (Å²) >= 11 is 3.39. The van der Waals surface area contributed by atoms with Gasteiger partial charge in [-0.05, 0) is 30.2 Å². The highest BCUT2D eigenvalue weighted by Gasteiger charge is 2.19. The van der Waals surface area contributed by atoms with Gasteiger partial charge in [0.2, 0.25) is 0 Å². The van der Waals surface area contributed by atoms with Crippen molar-refractivity contribution in [3.05, 3.63) is 63.4 Å². The molecule has 100 valence electrons. The Hall–Kier alpha value is -1.39. The first-order valence-corrected chi connectivity index (χ1v) is 6.60. The molecule has 0 saturated carbocycles. The number of rotatable bonds is 3. The maximum atomic E-state index is 14.1. The molecule has 0 aliphatic heterocycles. The van der Waals surface area contributed by atoms with Crippen LogP contribution in [0.5, 0.6) is 5.75 Å². The predicted octanol–water partition coefficient (Wildman–Crippen LogP) is 3.99. The van der Waals surface area contributed by atoms with Crippen molar-refractivity contribution >= 4 is 15.9 Å². The van der Waals surface area contributed by atoms with E-state index in [1.165, 1.54) is 13.2 Å². The third-order valence-corrected chi connectivity index (χ3v) is 3.64. The van der Waals surface area contributed by atoms with Gasteiger partial charge in [-0.15, -0.1) is 0 Å². The van der Waals surface area contributed by atoms with E-state index >= 15 is 0 Å². The molecule has 0 bridgehead atoms. The Kier molecular flexibility index (Phi) is 4.22. The van der Waals surface area contributed by atoms with E-state index in [0.29, 0.717) is 5.56 Å². The average molecular weight is 325 g/mol. The zero-order valence-corrected chi connectivity index (χ0v) is 12.2. The van der Waals surface area contributed by atoms with Gasteiger partial charge in [-0.25, -0.2) is 4.39 Å². The fourth-order valence-corrected chi connectivity index (χ4v) is 2.63. The summed E-state index contributed by atoms with van der Waals surface area (Å²) in [4.78, 5) is 0. The lowest BCUT2D eigenvalue weighted by atomic mass is 10.00. The van der Waals surface area contributed by atoms with Gasteiger partial charge in [-0.2, -0.15) is 0 Å². The van der Waals surface area contributed by atoms with Gasteiger partial charge in [-0.1, -0.05) is 40.2 Å². The molecule has 2 nitrogen and oxygen atoms in total. The lowest BCUT2D eigenvalue weighted by Crippen LogP contribution is -2.05. The van der Waals surface area contributed by atoms with Crippen LogP contribution < -0.4 is 4.74 Å². The van der Waals surface area contributed by atoms with E-state index in [-0.39, 0.29) is 11.3 Å². The normalized spacial score (nSPS) is 12.3. The number of methoxy groups -OCH3 is 1. The number of halogens is 2. The van der Waals surface area contributed by atoms with Gasteiger partial charge in [0, 0.05) is 10.0 Å². The van der Waals surface area contributed by atoms with E-state index in [1.807, 2.05) is 19.1 Å². The van der Waals surface area contributed by atoms with E-state index in [9.17, 15) is 9.50 Å². The maximum absolute atomic E-state index is 14.1. The van der Waals surface area contributed by atoms with Crippen LogP contribution in [-0.4, -0.2) is 12.2 Å².